The summed E-state index contributed by atoms with van der Waals surface area (Å²) in [6.07, 6.45) is 8.62. The van der Waals surface area contributed by atoms with Gasteiger partial charge in [-0.2, -0.15) is 5.26 Å². The van der Waals surface area contributed by atoms with Gasteiger partial charge in [0, 0.05) is 12.0 Å². The van der Waals surface area contributed by atoms with E-state index in [-0.39, 0.29) is 0 Å². The molecular weight excluding hydrogens is 382 g/mol. The summed E-state index contributed by atoms with van der Waals surface area (Å²) in [5.74, 6) is 2.40. The van der Waals surface area contributed by atoms with Gasteiger partial charge < -0.3 is 4.90 Å². The van der Waals surface area contributed by atoms with Crippen LogP contribution < -0.4 is 19.7 Å². The molecule has 1 unspecified atom stereocenters. The van der Waals surface area contributed by atoms with E-state index in [1.165, 1.54) is 61.0 Å². The molecule has 1 aromatic carbocycles. The number of aromatic nitrogens is 1. The zero-order chi connectivity index (χ0) is 21.0. The molecule has 0 amide bonds. The van der Waals surface area contributed by atoms with Crippen molar-refractivity contribution in [3.63, 3.8) is 0 Å². The van der Waals surface area contributed by atoms with Gasteiger partial charge in [-0.05, 0) is 44.1 Å². The second kappa shape index (κ2) is 9.28. The molecule has 3 aliphatic rings. The van der Waals surface area contributed by atoms with Gasteiger partial charge in [-0.3, -0.25) is 9.80 Å². The molecule has 0 spiro atoms. The predicted molar refractivity (Wildman–Crippen MR) is 123 cm³/mol. The van der Waals surface area contributed by atoms with Crippen molar-refractivity contribution in [3.8, 4) is 6.07 Å². The molecule has 2 N–H and O–H groups in total. The number of H-pyrrole nitrogens is 1. The Balaban J connectivity index is 1.53. The number of anilines is 2. The molecule has 2 saturated heterocycles. The van der Waals surface area contributed by atoms with Crippen LogP contribution in [0.5, 0.6) is 0 Å². The minimum Gasteiger partial charge on any atom is -0.327 e. The first kappa shape index (κ1) is 20.3. The summed E-state index contributed by atoms with van der Waals surface area (Å²) in [5, 5.41) is 10.2. The minimum atomic E-state index is 0.913. The fourth-order valence-corrected chi connectivity index (χ4v) is 5.69. The molecular formula is C26H35N5+2. The van der Waals surface area contributed by atoms with Crippen molar-refractivity contribution in [2.45, 2.75) is 58.0 Å². The molecule has 1 aromatic heterocycles. The Bertz CT molecular complexity index is 937. The topological polar surface area (TPSA) is 48.9 Å². The average Bonchev–Trinajstić information content (AvgIpc) is 2.84. The van der Waals surface area contributed by atoms with Crippen molar-refractivity contribution in [2.75, 3.05) is 42.5 Å². The van der Waals surface area contributed by atoms with E-state index in [0.29, 0.717) is 0 Å². The van der Waals surface area contributed by atoms with Gasteiger partial charge in [0.2, 0.25) is 11.6 Å². The van der Waals surface area contributed by atoms with Crippen molar-refractivity contribution in [3.05, 3.63) is 52.6 Å². The second-order valence-corrected chi connectivity index (χ2v) is 9.45. The van der Waals surface area contributed by atoms with Gasteiger partial charge in [0.05, 0.1) is 38.3 Å². The summed E-state index contributed by atoms with van der Waals surface area (Å²) in [4.78, 5) is 10.4. The number of nitriles is 1. The van der Waals surface area contributed by atoms with Crippen LogP contribution in [0.15, 0.2) is 30.3 Å². The van der Waals surface area contributed by atoms with Crippen LogP contribution >= 0.6 is 0 Å². The van der Waals surface area contributed by atoms with E-state index in [4.69, 9.17) is 0 Å². The number of rotatable bonds is 4. The maximum absolute atomic E-state index is 10.2. The maximum Gasteiger partial charge on any atom is 0.240 e. The number of pyridine rings is 1. The zero-order valence-electron chi connectivity index (χ0n) is 18.6. The first-order valence-electron chi connectivity index (χ1n) is 12.2. The lowest BCUT2D eigenvalue weighted by Gasteiger charge is -2.33. The molecule has 0 radical (unpaired) electrons. The third-order valence-electron chi connectivity index (χ3n) is 7.33. The van der Waals surface area contributed by atoms with Crippen molar-refractivity contribution in [1.82, 2.24) is 0 Å². The van der Waals surface area contributed by atoms with E-state index in [0.717, 1.165) is 63.6 Å². The van der Waals surface area contributed by atoms with Crippen LogP contribution in [-0.4, -0.2) is 32.7 Å². The first-order chi connectivity index (χ1) is 15.3. The smallest absolute Gasteiger partial charge is 0.240 e. The Kier molecular flexibility index (Phi) is 6.08. The first-order valence-corrected chi connectivity index (χ1v) is 12.2. The summed E-state index contributed by atoms with van der Waals surface area (Å²) in [7, 11) is 0. The predicted octanol–water partition coefficient (Wildman–Crippen LogP) is 2.49. The van der Waals surface area contributed by atoms with Crippen LogP contribution in [0, 0.1) is 11.3 Å². The van der Waals surface area contributed by atoms with Crippen LogP contribution in [0.25, 0.3) is 0 Å². The highest BCUT2D eigenvalue weighted by Gasteiger charge is 2.35. The van der Waals surface area contributed by atoms with Gasteiger partial charge >= 0.3 is 0 Å². The Morgan fingerprint density at radius 3 is 2.13 bits per heavy atom. The van der Waals surface area contributed by atoms with Crippen molar-refractivity contribution >= 4 is 11.6 Å². The molecule has 0 saturated carbocycles. The van der Waals surface area contributed by atoms with E-state index in [2.05, 4.69) is 51.2 Å². The molecule has 0 aliphatic carbocycles. The molecule has 5 nitrogen and oxygen atoms in total. The van der Waals surface area contributed by atoms with Crippen LogP contribution in [0.4, 0.5) is 11.6 Å². The molecule has 4 heterocycles. The van der Waals surface area contributed by atoms with Gasteiger partial charge in [0.15, 0.2) is 0 Å². The molecule has 1 atom stereocenters. The van der Waals surface area contributed by atoms with Gasteiger partial charge in [-0.25, -0.2) is 4.98 Å². The summed E-state index contributed by atoms with van der Waals surface area (Å²) in [6.45, 7) is 7.53. The molecule has 3 aliphatic heterocycles. The van der Waals surface area contributed by atoms with E-state index >= 15 is 0 Å². The minimum absolute atomic E-state index is 0.913. The SMILES string of the molecule is N#Cc1c(N2CCCCC2)[nH+]c(N2CCCCC2)c2c1CC[NH+](Cc1ccccc1)C2. The zero-order valence-corrected chi connectivity index (χ0v) is 18.6. The third-order valence-corrected chi connectivity index (χ3v) is 7.33. The number of hydrogen-bond acceptors (Lipinski definition) is 3. The van der Waals surface area contributed by atoms with E-state index < -0.39 is 0 Å². The number of quaternary nitrogens is 1. The number of fused-ring (bicyclic) bond motifs is 1. The molecule has 0 bridgehead atoms. The number of hydrogen-bond donors (Lipinski definition) is 1. The quantitative estimate of drug-likeness (QED) is 0.832. The lowest BCUT2D eigenvalue weighted by molar-refractivity contribution is -0.929. The van der Waals surface area contributed by atoms with Gasteiger partial charge in [-0.1, -0.05) is 30.3 Å². The van der Waals surface area contributed by atoms with Crippen LogP contribution in [0.3, 0.4) is 0 Å². The van der Waals surface area contributed by atoms with Crippen LogP contribution in [0.2, 0.25) is 0 Å². The average molecular weight is 418 g/mol. The highest BCUT2D eigenvalue weighted by atomic mass is 15.3. The summed E-state index contributed by atoms with van der Waals surface area (Å²) < 4.78 is 0. The summed E-state index contributed by atoms with van der Waals surface area (Å²) in [6, 6.07) is 13.5. The normalized spacial score (nSPS) is 21.5. The van der Waals surface area contributed by atoms with Crippen molar-refractivity contribution < 1.29 is 9.88 Å². The largest absolute Gasteiger partial charge is 0.327 e. The Hall–Kier alpha value is -2.58. The number of nitrogens with one attached hydrogen (secondary N) is 2. The van der Waals surface area contributed by atoms with E-state index in [1.807, 2.05) is 0 Å². The standard InChI is InChI=1S/C26H33N5/c27-18-23-22-12-17-29(19-21-10-4-1-5-11-21)20-24(22)26(31-15-8-3-9-16-31)28-25(23)30-13-6-2-7-14-30/h1,4-5,10-11H,2-3,6-9,12-17,19-20H2/p+2. The number of piperidine rings is 2. The van der Waals surface area contributed by atoms with Gasteiger partial charge in [0.1, 0.15) is 24.7 Å². The summed E-state index contributed by atoms with van der Waals surface area (Å²) in [5.41, 5.74) is 5.03. The maximum atomic E-state index is 10.2. The molecule has 5 heteroatoms. The van der Waals surface area contributed by atoms with Gasteiger partial charge in [0.25, 0.3) is 0 Å². The number of benzene rings is 1. The highest BCUT2D eigenvalue weighted by Crippen LogP contribution is 2.31. The molecule has 31 heavy (non-hydrogen) atoms. The Morgan fingerprint density at radius 2 is 1.48 bits per heavy atom. The molecule has 2 fully saturated rings. The van der Waals surface area contributed by atoms with E-state index in [9.17, 15) is 5.26 Å². The monoisotopic (exact) mass is 417 g/mol. The summed E-state index contributed by atoms with van der Waals surface area (Å²) >= 11 is 0. The fraction of sp³-hybridized carbons (Fsp3) is 0.538. The molecule has 2 aromatic rings. The van der Waals surface area contributed by atoms with Crippen LogP contribution in [0.1, 0.15) is 60.8 Å². The van der Waals surface area contributed by atoms with Crippen LogP contribution in [-0.2, 0) is 19.5 Å². The Labute approximate surface area is 186 Å². The molecule has 5 rings (SSSR count). The Morgan fingerprint density at radius 1 is 0.839 bits per heavy atom. The highest BCUT2D eigenvalue weighted by molar-refractivity contribution is 5.62. The third kappa shape index (κ3) is 4.27. The lowest BCUT2D eigenvalue weighted by atomic mass is 9.94. The van der Waals surface area contributed by atoms with E-state index in [1.54, 1.807) is 4.90 Å². The molecule has 162 valence electrons. The number of aromatic amines is 1. The second-order valence-electron chi connectivity index (χ2n) is 9.45. The van der Waals surface area contributed by atoms with Gasteiger partial charge in [-0.15, -0.1) is 0 Å². The fourth-order valence-electron chi connectivity index (χ4n) is 5.69. The van der Waals surface area contributed by atoms with Crippen molar-refractivity contribution in [1.29, 1.82) is 5.26 Å². The lowest BCUT2D eigenvalue weighted by Crippen LogP contribution is -3.10. The number of nitrogens with zero attached hydrogens (tertiary/aromatic N) is 3. The van der Waals surface area contributed by atoms with Crippen molar-refractivity contribution in [2.24, 2.45) is 0 Å².